The second kappa shape index (κ2) is 8.97. The van der Waals surface area contributed by atoms with Gasteiger partial charge in [0.25, 0.3) is 5.91 Å². The fourth-order valence-electron chi connectivity index (χ4n) is 2.55. The molecule has 3 aromatic rings. The van der Waals surface area contributed by atoms with Crippen molar-refractivity contribution < 1.29 is 35.9 Å². The molecule has 0 aliphatic carbocycles. The summed E-state index contributed by atoms with van der Waals surface area (Å²) in [5, 5.41) is 6.74. The van der Waals surface area contributed by atoms with Gasteiger partial charge in [-0.15, -0.1) is 0 Å². The van der Waals surface area contributed by atoms with Gasteiger partial charge >= 0.3 is 0 Å². The van der Waals surface area contributed by atoms with Gasteiger partial charge in [-0.3, -0.25) is 9.48 Å². The van der Waals surface area contributed by atoms with E-state index < -0.39 is 47.3 Å². The Bertz CT molecular complexity index is 1030. The lowest BCUT2D eigenvalue weighted by molar-refractivity contribution is 0.0920. The summed E-state index contributed by atoms with van der Waals surface area (Å²) < 4.78 is 78.2. The first-order valence-electron chi connectivity index (χ1n) is 8.78. The van der Waals surface area contributed by atoms with Crippen LogP contribution in [0.1, 0.15) is 28.3 Å². The number of ether oxygens (including phenoxy) is 1. The van der Waals surface area contributed by atoms with E-state index in [1.165, 1.54) is 12.1 Å². The van der Waals surface area contributed by atoms with E-state index in [0.29, 0.717) is 19.5 Å². The molecule has 30 heavy (non-hydrogen) atoms. The highest BCUT2D eigenvalue weighted by molar-refractivity contribution is 5.91. The Balaban J connectivity index is 1.53. The van der Waals surface area contributed by atoms with Gasteiger partial charge in [0.2, 0.25) is 29.1 Å². The minimum Gasteiger partial charge on any atom is -0.479 e. The smallest absolute Gasteiger partial charge is 0.286 e. The van der Waals surface area contributed by atoms with Crippen LogP contribution in [0.5, 0.6) is 5.75 Å². The molecule has 160 valence electrons. The van der Waals surface area contributed by atoms with Gasteiger partial charge in [-0.2, -0.15) is 13.9 Å². The van der Waals surface area contributed by atoms with E-state index in [-0.39, 0.29) is 11.5 Å². The Morgan fingerprint density at radius 3 is 2.40 bits per heavy atom. The van der Waals surface area contributed by atoms with Crippen molar-refractivity contribution in [2.45, 2.75) is 26.5 Å². The molecule has 0 aliphatic heterocycles. The maximum atomic E-state index is 13.6. The number of aromatic nitrogens is 2. The quantitative estimate of drug-likeness (QED) is 0.255. The first-order valence-corrected chi connectivity index (χ1v) is 8.78. The first-order chi connectivity index (χ1) is 14.3. The molecule has 0 bridgehead atoms. The number of nitrogens with one attached hydrogen (secondary N) is 1. The van der Waals surface area contributed by atoms with Crippen molar-refractivity contribution in [3.8, 4) is 5.75 Å². The minimum absolute atomic E-state index is 0.0453. The lowest BCUT2D eigenvalue weighted by Gasteiger charge is -2.09. The van der Waals surface area contributed by atoms with Crippen LogP contribution < -0.4 is 10.1 Å². The number of nitrogens with zero attached hydrogens (tertiary/aromatic N) is 2. The fourth-order valence-corrected chi connectivity index (χ4v) is 2.55. The highest BCUT2D eigenvalue weighted by Crippen LogP contribution is 2.29. The zero-order valence-electron chi connectivity index (χ0n) is 15.6. The van der Waals surface area contributed by atoms with Crippen molar-refractivity contribution in [3.63, 3.8) is 0 Å². The van der Waals surface area contributed by atoms with Crippen molar-refractivity contribution in [2.75, 3.05) is 6.54 Å². The van der Waals surface area contributed by atoms with Crippen LogP contribution in [0.3, 0.4) is 0 Å². The SMILES string of the molecule is Cc1cnn(CCCNC(=O)c2ccc(COc3c(F)c(F)c(F)c(F)c3F)o2)c1. The molecule has 0 saturated carbocycles. The van der Waals surface area contributed by atoms with E-state index in [9.17, 15) is 26.7 Å². The number of benzene rings is 1. The number of rotatable bonds is 8. The van der Waals surface area contributed by atoms with Crippen molar-refractivity contribution in [2.24, 2.45) is 0 Å². The normalized spacial score (nSPS) is 11.0. The molecule has 0 spiro atoms. The molecule has 2 aromatic heterocycles. The van der Waals surface area contributed by atoms with E-state index in [0.717, 1.165) is 5.56 Å². The van der Waals surface area contributed by atoms with Crippen LogP contribution in [0, 0.1) is 36.0 Å². The highest BCUT2D eigenvalue weighted by Gasteiger charge is 2.27. The molecular formula is C19H16F5N3O3. The van der Waals surface area contributed by atoms with Gasteiger partial charge in [0.05, 0.1) is 6.20 Å². The molecule has 3 rings (SSSR count). The van der Waals surface area contributed by atoms with E-state index >= 15 is 0 Å². The Kier molecular flexibility index (Phi) is 6.38. The van der Waals surface area contributed by atoms with Gasteiger partial charge < -0.3 is 14.5 Å². The summed E-state index contributed by atoms with van der Waals surface area (Å²) in [5.41, 5.74) is 1.02. The molecule has 0 atom stereocenters. The molecule has 0 unspecified atom stereocenters. The van der Waals surface area contributed by atoms with Gasteiger partial charge in [0.1, 0.15) is 12.4 Å². The number of halogens is 5. The Hall–Kier alpha value is -3.37. The Morgan fingerprint density at radius 1 is 1.10 bits per heavy atom. The van der Waals surface area contributed by atoms with Gasteiger partial charge in [-0.05, 0) is 31.0 Å². The average Bonchev–Trinajstić information content (AvgIpc) is 3.37. The molecular weight excluding hydrogens is 413 g/mol. The van der Waals surface area contributed by atoms with Gasteiger partial charge in [0, 0.05) is 19.3 Å². The van der Waals surface area contributed by atoms with Crippen LogP contribution in [0.4, 0.5) is 22.0 Å². The molecule has 6 nitrogen and oxygen atoms in total. The maximum absolute atomic E-state index is 13.6. The maximum Gasteiger partial charge on any atom is 0.286 e. The van der Waals surface area contributed by atoms with E-state index in [1.54, 1.807) is 10.9 Å². The molecule has 0 fully saturated rings. The molecule has 1 aromatic carbocycles. The van der Waals surface area contributed by atoms with Crippen LogP contribution >= 0.6 is 0 Å². The zero-order valence-corrected chi connectivity index (χ0v) is 15.6. The summed E-state index contributed by atoms with van der Waals surface area (Å²) in [5.74, 6) is -12.8. The summed E-state index contributed by atoms with van der Waals surface area (Å²) in [7, 11) is 0. The first kappa shape index (κ1) is 21.3. The van der Waals surface area contributed by atoms with Crippen LogP contribution in [-0.2, 0) is 13.2 Å². The number of hydrogen-bond donors (Lipinski definition) is 1. The van der Waals surface area contributed by atoms with Crippen LogP contribution in [0.15, 0.2) is 28.9 Å². The van der Waals surface area contributed by atoms with Crippen molar-refractivity contribution >= 4 is 5.91 Å². The summed E-state index contributed by atoms with van der Waals surface area (Å²) >= 11 is 0. The van der Waals surface area contributed by atoms with E-state index in [1.807, 2.05) is 13.1 Å². The van der Waals surface area contributed by atoms with Gasteiger partial charge in [-0.25, -0.2) is 13.2 Å². The predicted molar refractivity (Wildman–Crippen MR) is 93.2 cm³/mol. The van der Waals surface area contributed by atoms with Crippen molar-refractivity contribution in [1.82, 2.24) is 15.1 Å². The Labute approximate surface area is 167 Å². The number of furan rings is 1. The lowest BCUT2D eigenvalue weighted by atomic mass is 10.2. The molecule has 0 radical (unpaired) electrons. The number of aryl methyl sites for hydroxylation is 2. The fraction of sp³-hybridized carbons (Fsp3) is 0.263. The van der Waals surface area contributed by atoms with Crippen LogP contribution in [0.2, 0.25) is 0 Å². The van der Waals surface area contributed by atoms with Crippen molar-refractivity contribution in [3.05, 3.63) is 70.7 Å². The summed E-state index contributed by atoms with van der Waals surface area (Å²) in [6.45, 7) is 2.21. The van der Waals surface area contributed by atoms with Gasteiger partial charge in [-0.1, -0.05) is 0 Å². The second-order valence-electron chi connectivity index (χ2n) is 6.34. The summed E-state index contributed by atoms with van der Waals surface area (Å²) in [6.07, 6.45) is 4.20. The van der Waals surface area contributed by atoms with Crippen molar-refractivity contribution in [1.29, 1.82) is 0 Å². The summed E-state index contributed by atoms with van der Waals surface area (Å²) in [6, 6.07) is 2.58. The molecule has 0 saturated heterocycles. The number of hydrogen-bond acceptors (Lipinski definition) is 4. The van der Waals surface area contributed by atoms with E-state index in [2.05, 4.69) is 15.2 Å². The monoisotopic (exact) mass is 429 g/mol. The molecule has 1 amide bonds. The third kappa shape index (κ3) is 4.61. The number of amides is 1. The highest BCUT2D eigenvalue weighted by atomic mass is 19.2. The summed E-state index contributed by atoms with van der Waals surface area (Å²) in [4.78, 5) is 12.1. The average molecular weight is 429 g/mol. The molecule has 2 heterocycles. The third-order valence-electron chi connectivity index (χ3n) is 4.03. The standard InChI is InChI=1S/C19H16F5N3O3/c1-10-7-26-27(8-10)6-2-5-25-19(28)12-4-3-11(30-12)9-29-18-16(23)14(21)13(20)15(22)17(18)24/h3-4,7-8H,2,5-6,9H2,1H3,(H,25,28). The molecule has 1 N–H and O–H groups in total. The van der Waals surface area contributed by atoms with Gasteiger partial charge in [0.15, 0.2) is 11.5 Å². The topological polar surface area (TPSA) is 69.3 Å². The van der Waals surface area contributed by atoms with Crippen LogP contribution in [0.25, 0.3) is 0 Å². The molecule has 0 aliphatic rings. The number of carbonyl (C=O) groups is 1. The predicted octanol–water partition coefficient (Wildman–Crippen LogP) is 3.88. The lowest BCUT2D eigenvalue weighted by Crippen LogP contribution is -2.24. The molecule has 11 heteroatoms. The Morgan fingerprint density at radius 2 is 1.77 bits per heavy atom. The minimum atomic E-state index is -2.28. The van der Waals surface area contributed by atoms with E-state index in [4.69, 9.17) is 4.42 Å². The zero-order chi connectivity index (χ0) is 21.8. The number of carbonyl (C=O) groups excluding carboxylic acids is 1. The third-order valence-corrected chi connectivity index (χ3v) is 4.03. The largest absolute Gasteiger partial charge is 0.479 e. The second-order valence-corrected chi connectivity index (χ2v) is 6.34. The van der Waals surface area contributed by atoms with Crippen LogP contribution in [-0.4, -0.2) is 22.2 Å².